The van der Waals surface area contributed by atoms with Crippen LogP contribution < -0.4 is 10.5 Å². The van der Waals surface area contributed by atoms with Crippen LogP contribution in [0.4, 0.5) is 0 Å². The molecule has 4 rings (SSSR count). The fourth-order valence-corrected chi connectivity index (χ4v) is 4.03. The van der Waals surface area contributed by atoms with E-state index in [1.165, 1.54) is 0 Å². The number of nitrogens with zero attached hydrogens (tertiary/aromatic N) is 1. The molecule has 0 saturated carbocycles. The number of carbonyl (C=O) groups excluding carboxylic acids is 1. The summed E-state index contributed by atoms with van der Waals surface area (Å²) in [6.07, 6.45) is 1.78. The summed E-state index contributed by atoms with van der Waals surface area (Å²) >= 11 is 13.4. The Morgan fingerprint density at radius 1 is 1.11 bits per heavy atom. The second-order valence-electron chi connectivity index (χ2n) is 6.09. The molecule has 3 aromatic rings. The van der Waals surface area contributed by atoms with E-state index in [1.807, 2.05) is 42.5 Å². The molecule has 3 aromatic carbocycles. The molecule has 1 aliphatic rings. The number of amidine groups is 1. The molecule has 0 radical (unpaired) electrons. The van der Waals surface area contributed by atoms with E-state index in [4.69, 9.17) is 33.7 Å². The zero-order valence-corrected chi connectivity index (χ0v) is 16.8. The number of fused-ring (bicyclic) bond motifs is 1. The zero-order chi connectivity index (χ0) is 19.7. The predicted molar refractivity (Wildman–Crippen MR) is 117 cm³/mol. The van der Waals surface area contributed by atoms with Gasteiger partial charge in [-0.3, -0.25) is 4.79 Å². The largest absolute Gasteiger partial charge is 0.488 e. The van der Waals surface area contributed by atoms with E-state index in [1.54, 1.807) is 18.2 Å². The van der Waals surface area contributed by atoms with Crippen LogP contribution in [0, 0.1) is 0 Å². The summed E-state index contributed by atoms with van der Waals surface area (Å²) in [4.78, 5) is 16.3. The first kappa shape index (κ1) is 18.9. The molecule has 7 heteroatoms. The van der Waals surface area contributed by atoms with Crippen LogP contribution in [-0.4, -0.2) is 11.1 Å². The number of hydrogen-bond donors (Lipinski definition) is 1. The van der Waals surface area contributed by atoms with E-state index >= 15 is 0 Å². The molecule has 0 saturated heterocycles. The first-order chi connectivity index (χ1) is 13.5. The molecule has 1 heterocycles. The molecule has 1 aliphatic heterocycles. The quantitative estimate of drug-likeness (QED) is 0.544. The molecule has 4 nitrogen and oxygen atoms in total. The normalized spacial score (nSPS) is 15.3. The van der Waals surface area contributed by atoms with Gasteiger partial charge >= 0.3 is 0 Å². The highest BCUT2D eigenvalue weighted by Crippen LogP contribution is 2.35. The highest BCUT2D eigenvalue weighted by atomic mass is 35.5. The van der Waals surface area contributed by atoms with Crippen LogP contribution in [0.3, 0.4) is 0 Å². The number of hydrogen-bond acceptors (Lipinski definition) is 4. The van der Waals surface area contributed by atoms with Crippen molar-refractivity contribution < 1.29 is 9.53 Å². The minimum Gasteiger partial charge on any atom is -0.488 e. The van der Waals surface area contributed by atoms with Crippen LogP contribution in [0.25, 0.3) is 16.8 Å². The third-order valence-electron chi connectivity index (χ3n) is 4.24. The maximum atomic E-state index is 12.1. The van der Waals surface area contributed by atoms with Gasteiger partial charge in [0.15, 0.2) is 5.17 Å². The molecule has 2 N–H and O–H groups in total. The smallest absolute Gasteiger partial charge is 0.286 e. The third-order valence-corrected chi connectivity index (χ3v) is 5.64. The molecule has 0 bridgehead atoms. The fourth-order valence-electron chi connectivity index (χ4n) is 2.90. The van der Waals surface area contributed by atoms with Crippen LogP contribution in [-0.2, 0) is 11.4 Å². The van der Waals surface area contributed by atoms with Crippen molar-refractivity contribution >= 4 is 62.9 Å². The zero-order valence-electron chi connectivity index (χ0n) is 14.5. The Labute approximate surface area is 176 Å². The Bertz CT molecular complexity index is 1160. The summed E-state index contributed by atoms with van der Waals surface area (Å²) < 4.78 is 6.06. The molecule has 0 spiro atoms. The van der Waals surface area contributed by atoms with Crippen molar-refractivity contribution in [3.05, 3.63) is 80.7 Å². The minimum absolute atomic E-state index is 0.243. The number of halogens is 2. The van der Waals surface area contributed by atoms with Crippen LogP contribution in [0.2, 0.25) is 10.0 Å². The number of rotatable bonds is 4. The Morgan fingerprint density at radius 3 is 2.68 bits per heavy atom. The van der Waals surface area contributed by atoms with E-state index in [9.17, 15) is 4.79 Å². The van der Waals surface area contributed by atoms with Gasteiger partial charge in [-0.2, -0.15) is 4.99 Å². The van der Waals surface area contributed by atoms with Gasteiger partial charge in [-0.15, -0.1) is 0 Å². The second-order valence-corrected chi connectivity index (χ2v) is 7.99. The van der Waals surface area contributed by atoms with Crippen molar-refractivity contribution in [2.75, 3.05) is 0 Å². The van der Waals surface area contributed by atoms with Gasteiger partial charge in [0.05, 0.1) is 4.91 Å². The first-order valence-electron chi connectivity index (χ1n) is 8.38. The molecular weight excluding hydrogens is 415 g/mol. The monoisotopic (exact) mass is 428 g/mol. The van der Waals surface area contributed by atoms with Crippen molar-refractivity contribution in [2.45, 2.75) is 6.61 Å². The molecule has 0 aliphatic carbocycles. The van der Waals surface area contributed by atoms with Crippen molar-refractivity contribution in [1.82, 2.24) is 0 Å². The molecule has 140 valence electrons. The molecule has 0 aromatic heterocycles. The van der Waals surface area contributed by atoms with Gasteiger partial charge in [0.25, 0.3) is 5.91 Å². The summed E-state index contributed by atoms with van der Waals surface area (Å²) in [5.41, 5.74) is 7.29. The topological polar surface area (TPSA) is 64.7 Å². The van der Waals surface area contributed by atoms with Gasteiger partial charge in [0.1, 0.15) is 12.4 Å². The number of carbonyl (C=O) groups is 1. The SMILES string of the molecule is NC1=NC(=O)C(=Cc2c(OCc3ccc(Cl)cc3Cl)ccc3ccccc23)S1. The maximum Gasteiger partial charge on any atom is 0.286 e. The van der Waals surface area contributed by atoms with E-state index in [2.05, 4.69) is 4.99 Å². The number of benzene rings is 3. The first-order valence-corrected chi connectivity index (χ1v) is 9.95. The standard InChI is InChI=1S/C21H14Cl2N2O2S/c22-14-7-5-13(17(23)9-14)11-27-18-8-6-12-3-1-2-4-15(12)16(18)10-19-20(26)25-21(24)28-19/h1-10H,11H2,(H2,24,25,26). The number of ether oxygens (including phenoxy) is 1. The van der Waals surface area contributed by atoms with Gasteiger partial charge in [-0.1, -0.05) is 59.6 Å². The van der Waals surface area contributed by atoms with Crippen LogP contribution in [0.15, 0.2) is 64.5 Å². The van der Waals surface area contributed by atoms with Gasteiger partial charge in [0, 0.05) is 21.2 Å². The highest BCUT2D eigenvalue weighted by Gasteiger charge is 2.21. The second kappa shape index (κ2) is 7.87. The van der Waals surface area contributed by atoms with Crippen molar-refractivity contribution in [3.8, 4) is 5.75 Å². The van der Waals surface area contributed by atoms with E-state index in [0.29, 0.717) is 20.7 Å². The van der Waals surface area contributed by atoms with E-state index < -0.39 is 0 Å². The lowest BCUT2D eigenvalue weighted by molar-refractivity contribution is -0.113. The average Bonchev–Trinajstić information content (AvgIpc) is 2.99. The molecular formula is C21H14Cl2N2O2S. The number of amides is 1. The Morgan fingerprint density at radius 2 is 1.93 bits per heavy atom. The Hall–Kier alpha value is -2.47. The van der Waals surface area contributed by atoms with Crippen LogP contribution in [0.1, 0.15) is 11.1 Å². The number of nitrogens with two attached hydrogens (primary N) is 1. The molecule has 0 unspecified atom stereocenters. The molecule has 0 atom stereocenters. The van der Waals surface area contributed by atoms with Crippen LogP contribution >= 0.6 is 35.0 Å². The van der Waals surface area contributed by atoms with Gasteiger partial charge in [0.2, 0.25) is 0 Å². The lowest BCUT2D eigenvalue weighted by Crippen LogP contribution is -2.01. The van der Waals surface area contributed by atoms with E-state index in [0.717, 1.165) is 33.7 Å². The summed E-state index contributed by atoms with van der Waals surface area (Å²) in [5, 5.41) is 3.35. The van der Waals surface area contributed by atoms with Crippen molar-refractivity contribution in [2.24, 2.45) is 10.7 Å². The van der Waals surface area contributed by atoms with Crippen LogP contribution in [0.5, 0.6) is 5.75 Å². The molecule has 1 amide bonds. The van der Waals surface area contributed by atoms with Crippen molar-refractivity contribution in [3.63, 3.8) is 0 Å². The summed E-state index contributed by atoms with van der Waals surface area (Å²) in [6, 6.07) is 17.0. The average molecular weight is 429 g/mol. The highest BCUT2D eigenvalue weighted by molar-refractivity contribution is 8.18. The van der Waals surface area contributed by atoms with Gasteiger partial charge in [-0.25, -0.2) is 0 Å². The van der Waals surface area contributed by atoms with Gasteiger partial charge < -0.3 is 10.5 Å². The summed E-state index contributed by atoms with van der Waals surface area (Å²) in [6.45, 7) is 0.268. The lowest BCUT2D eigenvalue weighted by Gasteiger charge is -2.13. The lowest BCUT2D eigenvalue weighted by atomic mass is 10.0. The van der Waals surface area contributed by atoms with E-state index in [-0.39, 0.29) is 17.7 Å². The Kier molecular flexibility index (Phi) is 5.31. The third kappa shape index (κ3) is 3.87. The number of aliphatic imine (C=N–C) groups is 1. The fraction of sp³-hybridized carbons (Fsp3) is 0.0476. The predicted octanol–water partition coefficient (Wildman–Crippen LogP) is 5.65. The maximum absolute atomic E-state index is 12.1. The Balaban J connectivity index is 1.73. The molecule has 0 fully saturated rings. The minimum atomic E-state index is -0.345. The van der Waals surface area contributed by atoms with Gasteiger partial charge in [-0.05, 0) is 46.8 Å². The van der Waals surface area contributed by atoms with Crippen molar-refractivity contribution in [1.29, 1.82) is 0 Å². The number of thioether (sulfide) groups is 1. The summed E-state index contributed by atoms with van der Waals surface area (Å²) in [5.74, 6) is 0.290. The summed E-state index contributed by atoms with van der Waals surface area (Å²) in [7, 11) is 0. The molecule has 28 heavy (non-hydrogen) atoms.